The Bertz CT molecular complexity index is 588. The van der Waals surface area contributed by atoms with E-state index in [-0.39, 0.29) is 0 Å². The Morgan fingerprint density at radius 2 is 1.90 bits per heavy atom. The van der Waals surface area contributed by atoms with Crippen LogP contribution >= 0.6 is 0 Å². The summed E-state index contributed by atoms with van der Waals surface area (Å²) in [5.74, 6) is 0.766. The molecule has 0 amide bonds. The normalized spacial score (nSPS) is 13.0. The van der Waals surface area contributed by atoms with Crippen LogP contribution in [0.15, 0.2) is 66.2 Å². The van der Waals surface area contributed by atoms with Crippen LogP contribution in [0.1, 0.15) is 30.6 Å². The van der Waals surface area contributed by atoms with Gasteiger partial charge in [0, 0.05) is 0 Å². The first-order chi connectivity index (χ1) is 10.2. The van der Waals surface area contributed by atoms with Gasteiger partial charge in [0.25, 0.3) is 0 Å². The Morgan fingerprint density at radius 1 is 1.14 bits per heavy atom. The molecule has 2 rings (SSSR count). The fourth-order valence-corrected chi connectivity index (χ4v) is 2.26. The highest BCUT2D eigenvalue weighted by molar-refractivity contribution is 5.32. The molecule has 2 nitrogen and oxygen atoms in total. The molecule has 0 aliphatic carbocycles. The quantitative estimate of drug-likeness (QED) is 0.800. The number of aryl methyl sites for hydroxylation is 1. The van der Waals surface area contributed by atoms with E-state index in [4.69, 9.17) is 4.74 Å². The number of hydrogen-bond donors (Lipinski definition) is 1. The van der Waals surface area contributed by atoms with Crippen LogP contribution in [-0.4, -0.2) is 12.2 Å². The Balaban J connectivity index is 1.97. The van der Waals surface area contributed by atoms with Gasteiger partial charge in [0.05, 0.1) is 13.2 Å². The van der Waals surface area contributed by atoms with Crippen molar-refractivity contribution in [3.8, 4) is 5.75 Å². The lowest BCUT2D eigenvalue weighted by molar-refractivity contribution is 0.227. The highest BCUT2D eigenvalue weighted by Gasteiger charge is 2.06. The third-order valence-corrected chi connectivity index (χ3v) is 3.53. The Kier molecular flexibility index (Phi) is 5.59. The van der Waals surface area contributed by atoms with E-state index in [1.54, 1.807) is 7.11 Å². The Morgan fingerprint density at radius 3 is 2.62 bits per heavy atom. The third-order valence-electron chi connectivity index (χ3n) is 3.53. The molecule has 0 spiro atoms. The zero-order chi connectivity index (χ0) is 15.1. The molecule has 2 heteroatoms. The molecule has 0 unspecified atom stereocenters. The van der Waals surface area contributed by atoms with Gasteiger partial charge in [0.2, 0.25) is 0 Å². The smallest absolute Gasteiger partial charge is 0.119 e. The van der Waals surface area contributed by atoms with Crippen molar-refractivity contribution in [3.63, 3.8) is 0 Å². The van der Waals surface area contributed by atoms with Crippen molar-refractivity contribution in [3.05, 3.63) is 77.4 Å². The number of rotatable bonds is 6. The first-order valence-corrected chi connectivity index (χ1v) is 7.22. The van der Waals surface area contributed by atoms with Crippen LogP contribution < -0.4 is 4.74 Å². The lowest BCUT2D eigenvalue weighted by atomic mass is 10.0. The topological polar surface area (TPSA) is 29.5 Å². The number of methoxy groups -OCH3 is 1. The highest BCUT2D eigenvalue weighted by atomic mass is 16.5. The number of hydrogen-bond acceptors (Lipinski definition) is 2. The van der Waals surface area contributed by atoms with Gasteiger partial charge in [-0.1, -0.05) is 54.1 Å². The molecule has 2 aromatic carbocycles. The zero-order valence-corrected chi connectivity index (χ0v) is 12.6. The highest BCUT2D eigenvalue weighted by Crippen LogP contribution is 2.22. The summed E-state index contributed by atoms with van der Waals surface area (Å²) in [6, 6.07) is 17.9. The van der Waals surface area contributed by atoms with E-state index in [1.165, 1.54) is 11.1 Å². The van der Waals surface area contributed by atoms with Crippen LogP contribution in [0.3, 0.4) is 0 Å². The number of allylic oxidation sites excluding steroid dienone is 1. The maximum atomic E-state index is 10.3. The molecule has 0 heterocycles. The van der Waals surface area contributed by atoms with E-state index in [1.807, 2.05) is 36.4 Å². The largest absolute Gasteiger partial charge is 0.497 e. The van der Waals surface area contributed by atoms with E-state index in [0.717, 1.165) is 24.2 Å². The number of aliphatic hydroxyl groups excluding tert-OH is 1. The van der Waals surface area contributed by atoms with Crippen LogP contribution in [-0.2, 0) is 6.42 Å². The molecule has 0 radical (unpaired) electrons. The van der Waals surface area contributed by atoms with Gasteiger partial charge in [-0.25, -0.2) is 0 Å². The second-order valence-electron chi connectivity index (χ2n) is 5.22. The van der Waals surface area contributed by atoms with Crippen molar-refractivity contribution in [2.45, 2.75) is 25.9 Å². The van der Waals surface area contributed by atoms with Gasteiger partial charge in [-0.15, -0.1) is 0 Å². The van der Waals surface area contributed by atoms with Crippen molar-refractivity contribution in [1.82, 2.24) is 0 Å². The van der Waals surface area contributed by atoms with E-state index in [9.17, 15) is 5.11 Å². The summed E-state index contributed by atoms with van der Waals surface area (Å²) in [5.41, 5.74) is 3.36. The molecule has 21 heavy (non-hydrogen) atoms. The monoisotopic (exact) mass is 282 g/mol. The molecule has 2 aromatic rings. The van der Waals surface area contributed by atoms with Crippen molar-refractivity contribution < 1.29 is 9.84 Å². The average Bonchev–Trinajstić information content (AvgIpc) is 2.54. The molecule has 0 aliphatic heterocycles. The molecule has 0 aliphatic rings. The second-order valence-corrected chi connectivity index (χ2v) is 5.22. The van der Waals surface area contributed by atoms with Crippen molar-refractivity contribution in [2.24, 2.45) is 0 Å². The van der Waals surface area contributed by atoms with Gasteiger partial charge in [0.1, 0.15) is 5.75 Å². The summed E-state index contributed by atoms with van der Waals surface area (Å²) in [7, 11) is 1.63. The van der Waals surface area contributed by atoms with Gasteiger partial charge in [-0.2, -0.15) is 0 Å². The minimum atomic E-state index is -0.587. The van der Waals surface area contributed by atoms with Crippen LogP contribution in [0.2, 0.25) is 0 Å². The van der Waals surface area contributed by atoms with Crippen molar-refractivity contribution in [1.29, 1.82) is 0 Å². The van der Waals surface area contributed by atoms with E-state index in [2.05, 4.69) is 31.2 Å². The second kappa shape index (κ2) is 7.65. The fraction of sp³-hybridized carbons (Fsp3) is 0.263. The van der Waals surface area contributed by atoms with Gasteiger partial charge >= 0.3 is 0 Å². The summed E-state index contributed by atoms with van der Waals surface area (Å²) in [5, 5.41) is 10.3. The molecule has 1 atom stereocenters. The molecule has 0 saturated carbocycles. The van der Waals surface area contributed by atoms with Gasteiger partial charge in [-0.3, -0.25) is 0 Å². The molecule has 0 aromatic heterocycles. The van der Waals surface area contributed by atoms with Gasteiger partial charge in [-0.05, 0) is 43.0 Å². The summed E-state index contributed by atoms with van der Waals surface area (Å²) in [6.45, 7) is 2.06. The maximum absolute atomic E-state index is 10.3. The first-order valence-electron chi connectivity index (χ1n) is 7.22. The SMILES string of the molecule is COc1cccc([C@H](O)/C=C(\C)CCc2ccccc2)c1. The Hall–Kier alpha value is -2.06. The van der Waals surface area contributed by atoms with Gasteiger partial charge in [0.15, 0.2) is 0 Å². The first kappa shape index (κ1) is 15.3. The molecule has 0 saturated heterocycles. The van der Waals surface area contributed by atoms with E-state index in [0.29, 0.717) is 0 Å². The lowest BCUT2D eigenvalue weighted by Crippen LogP contribution is -1.96. The number of benzene rings is 2. The molecule has 1 N–H and O–H groups in total. The van der Waals surface area contributed by atoms with Gasteiger partial charge < -0.3 is 9.84 Å². The third kappa shape index (κ3) is 4.76. The van der Waals surface area contributed by atoms with Crippen LogP contribution in [0.4, 0.5) is 0 Å². The molecular formula is C19H22O2. The summed E-state index contributed by atoms with van der Waals surface area (Å²) >= 11 is 0. The molecule has 0 bridgehead atoms. The lowest BCUT2D eigenvalue weighted by Gasteiger charge is -2.10. The molecule has 0 fully saturated rings. The van der Waals surface area contributed by atoms with Crippen LogP contribution in [0.25, 0.3) is 0 Å². The van der Waals surface area contributed by atoms with Crippen LogP contribution in [0.5, 0.6) is 5.75 Å². The summed E-state index contributed by atoms with van der Waals surface area (Å²) in [6.07, 6.45) is 3.27. The average molecular weight is 282 g/mol. The summed E-state index contributed by atoms with van der Waals surface area (Å²) < 4.78 is 5.18. The van der Waals surface area contributed by atoms with Crippen molar-refractivity contribution in [2.75, 3.05) is 7.11 Å². The molecule has 110 valence electrons. The van der Waals surface area contributed by atoms with Crippen LogP contribution in [0, 0.1) is 0 Å². The number of ether oxygens (including phenoxy) is 1. The van der Waals surface area contributed by atoms with Crippen molar-refractivity contribution >= 4 is 0 Å². The predicted molar refractivity (Wildman–Crippen MR) is 86.5 cm³/mol. The summed E-state index contributed by atoms with van der Waals surface area (Å²) in [4.78, 5) is 0. The minimum Gasteiger partial charge on any atom is -0.497 e. The maximum Gasteiger partial charge on any atom is 0.119 e. The predicted octanol–water partition coefficient (Wildman–Crippen LogP) is 4.31. The zero-order valence-electron chi connectivity index (χ0n) is 12.6. The fourth-order valence-electron chi connectivity index (χ4n) is 2.26. The van der Waals surface area contributed by atoms with E-state index < -0.39 is 6.10 Å². The minimum absolute atomic E-state index is 0.587. The van der Waals surface area contributed by atoms with E-state index >= 15 is 0 Å². The standard InChI is InChI=1S/C19H22O2/c1-15(11-12-16-7-4-3-5-8-16)13-19(20)17-9-6-10-18(14-17)21-2/h3-10,13-14,19-20H,11-12H2,1-2H3/b15-13+/t19-/m1/s1. The number of aliphatic hydroxyl groups is 1. The Labute approximate surface area is 126 Å². The molecular weight excluding hydrogens is 260 g/mol.